The molecule has 92 heavy (non-hydrogen) atoms. The number of esters is 1. The van der Waals surface area contributed by atoms with Crippen LogP contribution in [-0.4, -0.2) is 60.2 Å². The molecular weight excluding hydrogens is 1180 g/mol. The van der Waals surface area contributed by atoms with Crippen molar-refractivity contribution in [1.29, 1.82) is 0 Å². The summed E-state index contributed by atoms with van der Waals surface area (Å²) in [5, 5.41) is 20.5. The molecule has 0 radical (unpaired) electrons. The van der Waals surface area contributed by atoms with Crippen molar-refractivity contribution in [2.75, 3.05) is 0 Å². The summed E-state index contributed by atoms with van der Waals surface area (Å²) in [5.41, 5.74) is 3.80. The Hall–Kier alpha value is -1.71. The third kappa shape index (κ3) is 30.2. The van der Waals surface area contributed by atoms with Crippen LogP contribution in [0.4, 0.5) is 0 Å². The van der Waals surface area contributed by atoms with E-state index in [2.05, 4.69) is 110 Å². The van der Waals surface area contributed by atoms with E-state index in [1.165, 1.54) is 141 Å². The summed E-state index contributed by atoms with van der Waals surface area (Å²) in [4.78, 5) is 34.5. The second-order valence-electron chi connectivity index (χ2n) is 34.8. The maximum Gasteiger partial charge on any atom is 1.00 e. The Labute approximate surface area is 586 Å². The predicted molar refractivity (Wildman–Crippen MR) is 388 cm³/mol. The van der Waals surface area contributed by atoms with Gasteiger partial charge in [-0.3, -0.25) is 14.4 Å². The average Bonchev–Trinajstić information content (AvgIpc) is 0.891. The Morgan fingerprint density at radius 1 is 0.435 bits per heavy atom. The predicted octanol–water partition coefficient (Wildman–Crippen LogP) is 18.3. The first-order valence-electron chi connectivity index (χ1n) is 38.3. The number of carbonyl (C=O) groups is 3. The van der Waals surface area contributed by atoms with Gasteiger partial charge in [0.05, 0.1) is 14.0 Å². The fourth-order valence-corrected chi connectivity index (χ4v) is 18.2. The number of hydrogen-bond donors (Lipinski definition) is 2. The summed E-state index contributed by atoms with van der Waals surface area (Å²) in [5.74, 6) is 21.8. The van der Waals surface area contributed by atoms with Crippen LogP contribution in [0.15, 0.2) is 0 Å². The van der Waals surface area contributed by atoms with Gasteiger partial charge < -0.3 is 26.9 Å². The Kier molecular flexibility index (Phi) is 36.3. The summed E-state index contributed by atoms with van der Waals surface area (Å²) < 4.78 is 5.98. The van der Waals surface area contributed by atoms with Crippen molar-refractivity contribution in [1.82, 2.24) is 0 Å². The largest absolute Gasteiger partial charge is 1.00 e. The molecule has 0 aromatic heterocycles. The van der Waals surface area contributed by atoms with Crippen LogP contribution >= 0.6 is 11.6 Å². The van der Waals surface area contributed by atoms with Crippen LogP contribution in [0.1, 0.15) is 298 Å². The molecule has 0 spiro atoms. The molecule has 0 amide bonds. The Morgan fingerprint density at radius 2 is 0.707 bits per heavy atom. The second kappa shape index (κ2) is 40.4. The maximum atomic E-state index is 12.6. The SMILES string of the molecule is C#CC1(O)CCC(C2CCC(C)CC2)CC1.C#CC1(OC(=O)C2CCC(C)CC2)CCC(C2CCC(C)CC2)CC1.CC1CCC(C(=O)Cl)CC1.CC1CCC(C2CCC(=O)CC2)CC1.CC1CCC(C2CCC(O)(C#C[Si](C)(C)C)CC2)CC1.[C-]#C[Si](C)(C)C.[Li+]. The van der Waals surface area contributed by atoms with Gasteiger partial charge in [0.1, 0.15) is 25.1 Å². The quantitative estimate of drug-likeness (QED) is 0.0866. The van der Waals surface area contributed by atoms with Gasteiger partial charge in [-0.05, 0) is 287 Å². The molecule has 0 bridgehead atoms. The van der Waals surface area contributed by atoms with Crippen LogP contribution in [0.25, 0.3) is 0 Å². The molecule has 6 nitrogen and oxygen atoms in total. The molecule has 0 heterocycles. The van der Waals surface area contributed by atoms with Crippen LogP contribution in [0.2, 0.25) is 39.3 Å². The molecule has 0 atom stereocenters. The minimum Gasteiger partial charge on any atom is -0.701 e. The van der Waals surface area contributed by atoms with E-state index in [-0.39, 0.29) is 41.9 Å². The number of halogens is 1. The smallest absolute Gasteiger partial charge is 0.701 e. The second-order valence-corrected chi connectivity index (χ2v) is 44.7. The molecule has 10 saturated carbocycles. The van der Waals surface area contributed by atoms with Crippen LogP contribution in [0, 0.1) is 143 Å². The molecule has 10 aliphatic carbocycles. The van der Waals surface area contributed by atoms with E-state index < -0.39 is 33.0 Å². The fraction of sp³-hybridized carbons (Fsp3) is 0.866. The van der Waals surface area contributed by atoms with Crippen molar-refractivity contribution in [3.05, 3.63) is 6.42 Å². The van der Waals surface area contributed by atoms with Crippen LogP contribution in [0.3, 0.4) is 0 Å². The Balaban J connectivity index is 0.000000245. The van der Waals surface area contributed by atoms with Gasteiger partial charge in [0.15, 0.2) is 5.60 Å². The van der Waals surface area contributed by atoms with Crippen molar-refractivity contribution >= 4 is 44.7 Å². The Bertz CT molecular complexity index is 2310. The zero-order valence-corrected chi connectivity index (χ0v) is 64.3. The summed E-state index contributed by atoms with van der Waals surface area (Å²) in [6.45, 7) is 27.0. The standard InChI is InChI=1S/C23H36O2.C18H32OSi.C15H24O.C13H22O.C8H13ClO.C5H9Si.Li/c1-4-23(25-22(24)21-11-7-18(3)8-12-21)15-13-20(14-16-23)19-9-5-17(2)6-10-19;1-15-5-7-16(8-6-15)17-9-11-18(19,12-10-17)13-14-20(2,3)4;1-3-15(16)10-8-14(9-11-15)13-6-4-12(2)5-7-13;1-10-2-4-11(5-3-10)12-6-8-13(14)9-7-12;1-6-2-4-7(5-3-6)8(9)10;1-5-6(2,3)4;/h1,17-21H,5-16H2,2-3H3;15-17,19H,5-12H2,1-4H3;1,12-14,16H,4-11H2,2H3;10-12H,2-9H2,1H3;6-7H,2-5H2,1H3;2-4H3;/q;;;;;-1;+1. The first-order chi connectivity index (χ1) is 42.9. The number of ketones is 1. The third-order valence-corrected chi connectivity index (χ3v) is 26.5. The number of aliphatic hydroxyl groups is 2. The maximum absolute atomic E-state index is 12.6. The monoisotopic (exact) mass is 1310 g/mol. The molecule has 10 rings (SSSR count). The molecular formula is C82H136ClLiO6Si2. The minimum absolute atomic E-state index is 0. The van der Waals surface area contributed by atoms with E-state index in [0.717, 1.165) is 198 Å². The summed E-state index contributed by atoms with van der Waals surface area (Å²) >= 11 is 5.37. The minimum atomic E-state index is -1.37. The topological polar surface area (TPSA) is 101 Å². The average molecular weight is 1320 g/mol. The van der Waals surface area contributed by atoms with Gasteiger partial charge >= 0.3 is 24.8 Å². The van der Waals surface area contributed by atoms with E-state index in [4.69, 9.17) is 35.6 Å². The molecule has 10 heteroatoms. The fourth-order valence-electron chi connectivity index (χ4n) is 17.3. The van der Waals surface area contributed by atoms with Gasteiger partial charge in [-0.2, -0.15) is 0 Å². The van der Waals surface area contributed by atoms with Crippen LogP contribution in [-0.2, 0) is 19.1 Å². The van der Waals surface area contributed by atoms with Gasteiger partial charge in [0.25, 0.3) is 0 Å². The van der Waals surface area contributed by atoms with Gasteiger partial charge in [-0.15, -0.1) is 18.4 Å². The molecule has 0 aromatic rings. The van der Waals surface area contributed by atoms with E-state index in [1.54, 1.807) is 0 Å². The first kappa shape index (κ1) is 82.7. The van der Waals surface area contributed by atoms with Crippen LogP contribution < -0.4 is 18.9 Å². The molecule has 0 aromatic carbocycles. The number of ether oxygens (including phenoxy) is 1. The van der Waals surface area contributed by atoms with Gasteiger partial charge in [0, 0.05) is 18.8 Å². The number of carbonyl (C=O) groups excluding carboxylic acids is 3. The van der Waals surface area contributed by atoms with Gasteiger partial charge in [-0.25, -0.2) is 0 Å². The van der Waals surface area contributed by atoms with Crippen molar-refractivity contribution in [3.63, 3.8) is 0 Å². The van der Waals surface area contributed by atoms with E-state index >= 15 is 0 Å². The van der Waals surface area contributed by atoms with Gasteiger partial charge in [0.2, 0.25) is 5.24 Å². The zero-order chi connectivity index (χ0) is 67.0. The molecule has 10 aliphatic rings. The molecule has 0 saturated heterocycles. The first-order valence-corrected chi connectivity index (χ1v) is 45.6. The third-order valence-electron chi connectivity index (χ3n) is 24.6. The molecule has 0 aliphatic heterocycles. The Morgan fingerprint density at radius 3 is 0.989 bits per heavy atom. The summed E-state index contributed by atoms with van der Waals surface area (Å²) in [6, 6.07) is 0. The van der Waals surface area contributed by atoms with Crippen molar-refractivity contribution < 1.29 is 48.2 Å². The van der Waals surface area contributed by atoms with Crippen molar-refractivity contribution in [2.24, 2.45) is 94.7 Å². The van der Waals surface area contributed by atoms with E-state index in [1.807, 2.05) is 0 Å². The normalized spacial score (nSPS) is 37.6. The molecule has 10 fully saturated rings. The summed E-state index contributed by atoms with van der Waals surface area (Å²) in [6.07, 6.45) is 65.3. The van der Waals surface area contributed by atoms with E-state index in [0.29, 0.717) is 5.78 Å². The van der Waals surface area contributed by atoms with E-state index in [9.17, 15) is 24.6 Å². The summed E-state index contributed by atoms with van der Waals surface area (Å²) in [7, 11) is -2.58. The molecule has 2 N–H and O–H groups in total. The number of terminal acetylenes is 2. The number of Topliss-reactive ketones (excluding diaryl/α,β-unsaturated/α-hetero) is 1. The van der Waals surface area contributed by atoms with Crippen molar-refractivity contribution in [2.45, 2.75) is 354 Å². The molecule has 0 unspecified atom stereocenters. The van der Waals surface area contributed by atoms with Crippen LogP contribution in [0.5, 0.6) is 0 Å². The number of rotatable bonds is 7. The molecule has 516 valence electrons. The number of hydrogen-bond acceptors (Lipinski definition) is 6. The van der Waals surface area contributed by atoms with Gasteiger partial charge in [-0.1, -0.05) is 150 Å². The van der Waals surface area contributed by atoms with Crippen molar-refractivity contribution in [3.8, 4) is 41.7 Å². The zero-order valence-electron chi connectivity index (χ0n) is 61.6.